The van der Waals surface area contributed by atoms with Crippen LogP contribution in [0.5, 0.6) is 17.2 Å². The van der Waals surface area contributed by atoms with E-state index in [2.05, 4.69) is 11.8 Å². The minimum absolute atomic E-state index is 0.202. The van der Waals surface area contributed by atoms with Crippen molar-refractivity contribution in [2.24, 2.45) is 11.8 Å². The third-order valence-corrected chi connectivity index (χ3v) is 5.90. The van der Waals surface area contributed by atoms with Crippen LogP contribution in [0.15, 0.2) is 6.07 Å². The Hall–Kier alpha value is -1.46. The predicted octanol–water partition coefficient (Wildman–Crippen LogP) is 2.74. The highest BCUT2D eigenvalue weighted by atomic mass is 16.5. The number of rotatable bonds is 5. The third kappa shape index (κ3) is 2.84. The SMILES string of the molecule is CC[C@H]1CN2CCc3cc(OC)c(OC)c(O)c3[C@@H]2C[C@@H]1CCO. The minimum Gasteiger partial charge on any atom is -0.504 e. The van der Waals surface area contributed by atoms with Gasteiger partial charge in [0, 0.05) is 31.3 Å². The lowest BCUT2D eigenvalue weighted by molar-refractivity contribution is 0.0396. The van der Waals surface area contributed by atoms with Crippen molar-refractivity contribution >= 4 is 0 Å². The van der Waals surface area contributed by atoms with Gasteiger partial charge in [-0.15, -0.1) is 0 Å². The molecule has 24 heavy (non-hydrogen) atoms. The van der Waals surface area contributed by atoms with Crippen molar-refractivity contribution in [2.75, 3.05) is 33.9 Å². The summed E-state index contributed by atoms with van der Waals surface area (Å²) in [6.45, 7) is 4.52. The molecule has 0 spiro atoms. The molecule has 5 heteroatoms. The second kappa shape index (κ2) is 7.19. The first-order chi connectivity index (χ1) is 11.6. The van der Waals surface area contributed by atoms with Crippen LogP contribution in [0.2, 0.25) is 0 Å². The summed E-state index contributed by atoms with van der Waals surface area (Å²) in [4.78, 5) is 2.50. The molecular weight excluding hydrogens is 306 g/mol. The van der Waals surface area contributed by atoms with Crippen molar-refractivity contribution < 1.29 is 19.7 Å². The zero-order valence-electron chi connectivity index (χ0n) is 14.9. The molecule has 2 aliphatic heterocycles. The number of aliphatic hydroxyl groups is 1. The molecule has 134 valence electrons. The summed E-state index contributed by atoms with van der Waals surface area (Å²) in [5.74, 6) is 2.36. The fourth-order valence-corrected chi connectivity index (χ4v) is 4.62. The van der Waals surface area contributed by atoms with Gasteiger partial charge >= 0.3 is 0 Å². The van der Waals surface area contributed by atoms with E-state index in [0.717, 1.165) is 49.9 Å². The normalized spacial score (nSPS) is 26.6. The molecule has 0 unspecified atom stereocenters. The summed E-state index contributed by atoms with van der Waals surface area (Å²) in [7, 11) is 3.16. The van der Waals surface area contributed by atoms with Gasteiger partial charge < -0.3 is 19.7 Å². The first-order valence-corrected chi connectivity index (χ1v) is 8.96. The number of phenolic OH excluding ortho intramolecular Hbond substituents is 1. The van der Waals surface area contributed by atoms with E-state index >= 15 is 0 Å². The molecule has 2 aliphatic rings. The van der Waals surface area contributed by atoms with Gasteiger partial charge in [-0.05, 0) is 42.7 Å². The summed E-state index contributed by atoms with van der Waals surface area (Å²) in [5.41, 5.74) is 2.15. The maximum atomic E-state index is 10.8. The Morgan fingerprint density at radius 1 is 1.25 bits per heavy atom. The average molecular weight is 335 g/mol. The fourth-order valence-electron chi connectivity index (χ4n) is 4.62. The van der Waals surface area contributed by atoms with Crippen molar-refractivity contribution in [1.29, 1.82) is 0 Å². The Bertz CT molecular complexity index is 589. The van der Waals surface area contributed by atoms with Crippen LogP contribution in [0.1, 0.15) is 43.4 Å². The van der Waals surface area contributed by atoms with E-state index in [4.69, 9.17) is 9.47 Å². The largest absolute Gasteiger partial charge is 0.504 e. The minimum atomic E-state index is 0.202. The number of hydrogen-bond donors (Lipinski definition) is 2. The molecule has 1 fully saturated rings. The molecule has 5 nitrogen and oxygen atoms in total. The fraction of sp³-hybridized carbons (Fsp3) is 0.684. The molecule has 3 rings (SSSR count). The van der Waals surface area contributed by atoms with Crippen molar-refractivity contribution in [3.8, 4) is 17.2 Å². The second-order valence-corrected chi connectivity index (χ2v) is 6.97. The van der Waals surface area contributed by atoms with E-state index in [1.165, 1.54) is 0 Å². The smallest absolute Gasteiger partial charge is 0.203 e. The Labute approximate surface area is 144 Å². The average Bonchev–Trinajstić information content (AvgIpc) is 2.60. The molecule has 1 aromatic carbocycles. The zero-order chi connectivity index (χ0) is 17.3. The molecule has 3 atom stereocenters. The van der Waals surface area contributed by atoms with E-state index < -0.39 is 0 Å². The highest BCUT2D eigenvalue weighted by molar-refractivity contribution is 5.60. The number of ether oxygens (including phenoxy) is 2. The second-order valence-electron chi connectivity index (χ2n) is 6.97. The van der Waals surface area contributed by atoms with Crippen molar-refractivity contribution in [3.63, 3.8) is 0 Å². The number of hydrogen-bond acceptors (Lipinski definition) is 5. The van der Waals surface area contributed by atoms with Crippen LogP contribution in [-0.4, -0.2) is 49.0 Å². The first kappa shape index (κ1) is 17.4. The van der Waals surface area contributed by atoms with Crippen molar-refractivity contribution in [3.05, 3.63) is 17.2 Å². The lowest BCUT2D eigenvalue weighted by Crippen LogP contribution is -2.46. The van der Waals surface area contributed by atoms with E-state index in [0.29, 0.717) is 23.3 Å². The predicted molar refractivity (Wildman–Crippen MR) is 92.8 cm³/mol. The van der Waals surface area contributed by atoms with Crippen molar-refractivity contribution in [1.82, 2.24) is 4.90 Å². The number of aromatic hydroxyl groups is 1. The van der Waals surface area contributed by atoms with E-state index in [-0.39, 0.29) is 18.4 Å². The van der Waals surface area contributed by atoms with Gasteiger partial charge in [0.1, 0.15) is 0 Å². The lowest BCUT2D eigenvalue weighted by atomic mass is 9.74. The number of benzene rings is 1. The Kier molecular flexibility index (Phi) is 5.21. The van der Waals surface area contributed by atoms with Crippen LogP contribution in [0, 0.1) is 11.8 Å². The highest BCUT2D eigenvalue weighted by Crippen LogP contribution is 2.51. The molecule has 0 aromatic heterocycles. The van der Waals surface area contributed by atoms with Gasteiger partial charge in [-0.3, -0.25) is 4.90 Å². The summed E-state index contributed by atoms with van der Waals surface area (Å²) in [6.07, 6.45) is 3.88. The number of phenols is 1. The van der Waals surface area contributed by atoms with Crippen LogP contribution in [0.3, 0.4) is 0 Å². The molecule has 0 amide bonds. The molecular formula is C19H29NO4. The first-order valence-electron chi connectivity index (χ1n) is 8.96. The van der Waals surface area contributed by atoms with Gasteiger partial charge in [-0.2, -0.15) is 0 Å². The number of nitrogens with zero attached hydrogens (tertiary/aromatic N) is 1. The quantitative estimate of drug-likeness (QED) is 0.866. The monoisotopic (exact) mass is 335 g/mol. The van der Waals surface area contributed by atoms with Crippen LogP contribution < -0.4 is 9.47 Å². The number of methoxy groups -OCH3 is 2. The van der Waals surface area contributed by atoms with Crippen LogP contribution in [0.25, 0.3) is 0 Å². The molecule has 0 aliphatic carbocycles. The standard InChI is InChI=1S/C19H29NO4/c1-4-12-11-20-7-5-14-10-16(23-2)19(24-3)18(22)17(14)15(20)9-13(12)6-8-21/h10,12-13,15,21-22H,4-9,11H2,1-3H3/t12-,13-,15-/m0/s1. The zero-order valence-corrected chi connectivity index (χ0v) is 14.9. The van der Waals surface area contributed by atoms with E-state index in [9.17, 15) is 10.2 Å². The number of aliphatic hydroxyl groups excluding tert-OH is 1. The molecule has 1 saturated heterocycles. The Balaban J connectivity index is 2.00. The Morgan fingerprint density at radius 3 is 2.67 bits per heavy atom. The van der Waals surface area contributed by atoms with Crippen molar-refractivity contribution in [2.45, 2.75) is 38.6 Å². The number of piperidine rings is 1. The van der Waals surface area contributed by atoms with Crippen LogP contribution in [0.4, 0.5) is 0 Å². The van der Waals surface area contributed by atoms with Gasteiger partial charge in [0.05, 0.1) is 14.2 Å². The maximum Gasteiger partial charge on any atom is 0.203 e. The third-order valence-electron chi connectivity index (χ3n) is 5.90. The molecule has 1 aromatic rings. The van der Waals surface area contributed by atoms with Gasteiger partial charge in [0.2, 0.25) is 5.75 Å². The molecule has 0 saturated carbocycles. The van der Waals surface area contributed by atoms with Crippen LogP contribution >= 0.6 is 0 Å². The summed E-state index contributed by atoms with van der Waals surface area (Å²) in [6, 6.07) is 2.21. The Morgan fingerprint density at radius 2 is 2.04 bits per heavy atom. The maximum absolute atomic E-state index is 10.8. The molecule has 2 heterocycles. The number of fused-ring (bicyclic) bond motifs is 3. The van der Waals surface area contributed by atoms with E-state index in [1.807, 2.05) is 6.07 Å². The lowest BCUT2D eigenvalue weighted by Gasteiger charge is -2.47. The van der Waals surface area contributed by atoms with Gasteiger partial charge in [0.25, 0.3) is 0 Å². The van der Waals surface area contributed by atoms with E-state index in [1.54, 1.807) is 14.2 Å². The molecule has 0 radical (unpaired) electrons. The molecule has 2 N–H and O–H groups in total. The van der Waals surface area contributed by atoms with Gasteiger partial charge in [-0.1, -0.05) is 13.3 Å². The topological polar surface area (TPSA) is 62.2 Å². The van der Waals surface area contributed by atoms with Gasteiger partial charge in [0.15, 0.2) is 11.5 Å². The molecule has 0 bridgehead atoms. The summed E-state index contributed by atoms with van der Waals surface area (Å²) >= 11 is 0. The van der Waals surface area contributed by atoms with Crippen LogP contribution in [-0.2, 0) is 6.42 Å². The summed E-state index contributed by atoms with van der Waals surface area (Å²) < 4.78 is 10.8. The van der Waals surface area contributed by atoms with Gasteiger partial charge in [-0.25, -0.2) is 0 Å². The summed E-state index contributed by atoms with van der Waals surface area (Å²) in [5, 5.41) is 20.3. The highest BCUT2D eigenvalue weighted by Gasteiger charge is 2.40.